The van der Waals surface area contributed by atoms with Gasteiger partial charge >= 0.3 is 5.97 Å². The Labute approximate surface area is 188 Å². The summed E-state index contributed by atoms with van der Waals surface area (Å²) in [5.41, 5.74) is -0.667. The lowest BCUT2D eigenvalue weighted by atomic mass is 9.46. The van der Waals surface area contributed by atoms with Crippen molar-refractivity contribution in [3.8, 4) is 0 Å². The first-order chi connectivity index (χ1) is 14.0. The Morgan fingerprint density at radius 2 is 2.00 bits per heavy atom. The fourth-order valence-corrected chi connectivity index (χ4v) is 8.47. The molecule has 3 nitrogen and oxygen atoms in total. The van der Waals surface area contributed by atoms with Gasteiger partial charge in [-0.1, -0.05) is 33.8 Å². The largest absolute Gasteiger partial charge is 0.461 e. The number of allylic oxidation sites excluding steroid dienone is 4. The molecule has 0 aliphatic heterocycles. The first-order valence-electron chi connectivity index (χ1n) is 11.2. The van der Waals surface area contributed by atoms with Crippen molar-refractivity contribution in [3.63, 3.8) is 0 Å². The van der Waals surface area contributed by atoms with Gasteiger partial charge in [-0.3, -0.25) is 9.59 Å². The van der Waals surface area contributed by atoms with E-state index in [0.29, 0.717) is 18.4 Å². The van der Waals surface area contributed by atoms with Crippen LogP contribution in [0, 0.1) is 28.6 Å². The van der Waals surface area contributed by atoms with Gasteiger partial charge in [0.15, 0.2) is 5.78 Å². The van der Waals surface area contributed by atoms with Gasteiger partial charge in [-0.05, 0) is 61.2 Å². The number of alkyl halides is 3. The number of esters is 1. The first-order valence-corrected chi connectivity index (χ1v) is 12.0. The molecule has 30 heavy (non-hydrogen) atoms. The maximum absolute atomic E-state index is 15.5. The molecule has 0 N–H and O–H groups in total. The van der Waals surface area contributed by atoms with E-state index in [2.05, 4.69) is 13.8 Å². The van der Waals surface area contributed by atoms with Gasteiger partial charge in [0.05, 0.1) is 10.3 Å². The van der Waals surface area contributed by atoms with Gasteiger partial charge in [0.2, 0.25) is 0 Å². The lowest BCUT2D eigenvalue weighted by Gasteiger charge is -2.64. The van der Waals surface area contributed by atoms with E-state index >= 15 is 4.39 Å². The maximum Gasteiger partial charge on any atom is 0.305 e. The fraction of sp³-hybridized carbons (Fsp3) is 0.750. The molecule has 0 amide bonds. The van der Waals surface area contributed by atoms with Gasteiger partial charge in [0.1, 0.15) is 12.3 Å². The number of halogens is 3. The summed E-state index contributed by atoms with van der Waals surface area (Å²) in [5, 5.41) is -0.438. The van der Waals surface area contributed by atoms with Crippen LogP contribution in [0.1, 0.15) is 59.8 Å². The second-order valence-corrected chi connectivity index (χ2v) is 11.1. The highest BCUT2D eigenvalue weighted by Gasteiger charge is 2.72. The van der Waals surface area contributed by atoms with Crippen LogP contribution in [-0.4, -0.2) is 34.3 Å². The molecule has 0 spiro atoms. The van der Waals surface area contributed by atoms with Gasteiger partial charge in [-0.15, -0.1) is 23.2 Å². The van der Waals surface area contributed by atoms with E-state index in [1.165, 1.54) is 12.2 Å². The molecule has 3 saturated carbocycles. The van der Waals surface area contributed by atoms with Crippen LogP contribution >= 0.6 is 23.2 Å². The number of fused-ring (bicyclic) bond motifs is 5. The minimum absolute atomic E-state index is 0.113. The highest BCUT2D eigenvalue weighted by molar-refractivity contribution is 6.34. The number of rotatable bonds is 3. The Morgan fingerprint density at radius 1 is 1.30 bits per heavy atom. The molecule has 0 radical (unpaired) electrons. The SMILES string of the molecule is CCC(=O)O[C@@H]1[C@@H](C)C[C@H]2[C@@H]3C[C@H](F)C4=CC(=O)C=C[C@]4(C)[C@@]3(Cl)[C@@H](Cl)C[C@]12CC. The van der Waals surface area contributed by atoms with Gasteiger partial charge in [-0.2, -0.15) is 0 Å². The van der Waals surface area contributed by atoms with Crippen LogP contribution in [0.4, 0.5) is 4.39 Å². The van der Waals surface area contributed by atoms with Crippen LogP contribution < -0.4 is 0 Å². The smallest absolute Gasteiger partial charge is 0.305 e. The highest BCUT2D eigenvalue weighted by atomic mass is 35.5. The van der Waals surface area contributed by atoms with Crippen LogP contribution in [0.25, 0.3) is 0 Å². The quantitative estimate of drug-likeness (QED) is 0.399. The molecule has 0 aromatic rings. The number of ether oxygens (including phenoxy) is 1. The molecule has 0 bridgehead atoms. The third-order valence-corrected chi connectivity index (χ3v) is 10.3. The number of carbonyl (C=O) groups excluding carboxylic acids is 2. The zero-order valence-electron chi connectivity index (χ0n) is 18.1. The second-order valence-electron chi connectivity index (χ2n) is 9.96. The van der Waals surface area contributed by atoms with Crippen LogP contribution in [0.5, 0.6) is 0 Å². The monoisotopic (exact) mass is 456 g/mol. The van der Waals surface area contributed by atoms with Crippen molar-refractivity contribution in [3.05, 3.63) is 23.8 Å². The summed E-state index contributed by atoms with van der Waals surface area (Å²) in [6.07, 6.45) is 6.07. The van der Waals surface area contributed by atoms with Crippen molar-refractivity contribution in [2.75, 3.05) is 0 Å². The van der Waals surface area contributed by atoms with Gasteiger partial charge in [0, 0.05) is 17.3 Å². The number of hydrogen-bond donors (Lipinski definition) is 0. The Bertz CT molecular complexity index is 825. The summed E-state index contributed by atoms with van der Waals surface area (Å²) >= 11 is 14.6. The molecule has 6 heteroatoms. The van der Waals surface area contributed by atoms with E-state index < -0.39 is 21.8 Å². The molecule has 4 rings (SSSR count). The van der Waals surface area contributed by atoms with Crippen molar-refractivity contribution in [1.29, 1.82) is 0 Å². The van der Waals surface area contributed by atoms with Crippen LogP contribution in [0.2, 0.25) is 0 Å². The van der Waals surface area contributed by atoms with E-state index in [1.54, 1.807) is 13.0 Å². The molecular weight excluding hydrogens is 426 g/mol. The van der Waals surface area contributed by atoms with Crippen molar-refractivity contribution in [2.45, 2.75) is 82.3 Å². The zero-order valence-corrected chi connectivity index (χ0v) is 19.6. The topological polar surface area (TPSA) is 43.4 Å². The molecule has 0 heterocycles. The molecule has 166 valence electrons. The van der Waals surface area contributed by atoms with Crippen molar-refractivity contribution >= 4 is 35.0 Å². The van der Waals surface area contributed by atoms with Gasteiger partial charge in [0.25, 0.3) is 0 Å². The molecular formula is C24H31Cl2FO3. The van der Waals surface area contributed by atoms with Crippen molar-refractivity contribution in [2.24, 2.45) is 28.6 Å². The normalized spacial score (nSPS) is 49.7. The molecule has 0 unspecified atom stereocenters. The summed E-state index contributed by atoms with van der Waals surface area (Å²) < 4.78 is 21.5. The first kappa shape index (κ1) is 22.3. The summed E-state index contributed by atoms with van der Waals surface area (Å²) in [6, 6.07) is 0. The third kappa shape index (κ3) is 2.75. The maximum atomic E-state index is 15.5. The summed E-state index contributed by atoms with van der Waals surface area (Å²) in [5.74, 6) is -0.290. The Kier molecular flexibility index (Phi) is 5.46. The van der Waals surface area contributed by atoms with Crippen molar-refractivity contribution in [1.82, 2.24) is 0 Å². The lowest BCUT2D eigenvalue weighted by Crippen LogP contribution is -2.67. The summed E-state index contributed by atoms with van der Waals surface area (Å²) in [6.45, 7) is 7.96. The average molecular weight is 457 g/mol. The lowest BCUT2D eigenvalue weighted by molar-refractivity contribution is -0.163. The fourth-order valence-electron chi connectivity index (χ4n) is 7.30. The van der Waals surface area contributed by atoms with Gasteiger partial charge < -0.3 is 4.74 Å². The molecule has 9 atom stereocenters. The molecule has 3 fully saturated rings. The van der Waals surface area contributed by atoms with E-state index in [0.717, 1.165) is 12.8 Å². The molecule has 0 aromatic heterocycles. The minimum Gasteiger partial charge on any atom is -0.461 e. The van der Waals surface area contributed by atoms with E-state index in [9.17, 15) is 9.59 Å². The zero-order chi connectivity index (χ0) is 22.1. The van der Waals surface area contributed by atoms with Gasteiger partial charge in [-0.25, -0.2) is 4.39 Å². The van der Waals surface area contributed by atoms with Crippen LogP contribution in [0.3, 0.4) is 0 Å². The third-order valence-electron chi connectivity index (χ3n) is 8.77. The number of ketones is 1. The predicted octanol–water partition coefficient (Wildman–Crippen LogP) is 5.78. The van der Waals surface area contributed by atoms with E-state index in [4.69, 9.17) is 27.9 Å². The molecule has 0 aromatic carbocycles. The molecule has 4 aliphatic rings. The Morgan fingerprint density at radius 3 is 2.63 bits per heavy atom. The van der Waals surface area contributed by atoms with Crippen molar-refractivity contribution < 1.29 is 18.7 Å². The highest BCUT2D eigenvalue weighted by Crippen LogP contribution is 2.71. The molecule has 0 saturated heterocycles. The average Bonchev–Trinajstić information content (AvgIpc) is 2.98. The van der Waals surface area contributed by atoms with Crippen LogP contribution in [-0.2, 0) is 14.3 Å². The Hall–Kier alpha value is -0.870. The standard InChI is InChI=1S/C24H31Cl2FO3/c1-5-20(29)30-21-13(3)9-15-16-11-18(27)17-10-14(28)7-8-22(17,4)24(16,26)19(25)12-23(15,21)6-2/h7-8,10,13,15-16,18-19,21H,5-6,9,11-12H2,1-4H3/t13-,15-,16-,18-,19-,21+,22-,23-,24-/m0/s1. The second kappa shape index (κ2) is 7.33. The minimum atomic E-state index is -1.23. The van der Waals surface area contributed by atoms with Crippen LogP contribution in [0.15, 0.2) is 23.8 Å². The van der Waals surface area contributed by atoms with E-state index in [1.807, 2.05) is 6.92 Å². The number of hydrogen-bond acceptors (Lipinski definition) is 3. The summed E-state index contributed by atoms with van der Waals surface area (Å²) in [4.78, 5) is 23.3. The number of carbonyl (C=O) groups is 2. The Balaban J connectivity index is 1.81. The predicted molar refractivity (Wildman–Crippen MR) is 116 cm³/mol. The van der Waals surface area contributed by atoms with E-state index in [-0.39, 0.29) is 47.4 Å². The summed E-state index contributed by atoms with van der Waals surface area (Å²) in [7, 11) is 0. The molecule has 4 aliphatic carbocycles.